The van der Waals surface area contributed by atoms with Crippen molar-refractivity contribution in [1.29, 1.82) is 0 Å². The van der Waals surface area contributed by atoms with E-state index in [1.165, 1.54) is 17.2 Å². The Balaban J connectivity index is 2.33. The molecule has 0 amide bonds. The molecule has 0 aliphatic carbocycles. The molecule has 1 aromatic rings. The number of pyridine rings is 1. The number of anilines is 1. The van der Waals surface area contributed by atoms with Gasteiger partial charge < -0.3 is 10.0 Å². The number of hydrogen-bond donors (Lipinski definition) is 1. The van der Waals surface area contributed by atoms with E-state index in [-0.39, 0.29) is 11.6 Å². The number of carboxylic acids is 1. The fourth-order valence-corrected chi connectivity index (χ4v) is 2.59. The zero-order valence-corrected chi connectivity index (χ0v) is 11.2. The van der Waals surface area contributed by atoms with Crippen molar-refractivity contribution in [2.24, 2.45) is 11.8 Å². The summed E-state index contributed by atoms with van der Waals surface area (Å²) in [5, 5.41) is 9.21. The number of aryl methyl sites for hydroxylation is 1. The van der Waals surface area contributed by atoms with E-state index in [2.05, 4.69) is 4.98 Å². The molecule has 1 saturated heterocycles. The van der Waals surface area contributed by atoms with Crippen LogP contribution < -0.4 is 4.90 Å². The van der Waals surface area contributed by atoms with E-state index in [9.17, 15) is 18.0 Å². The van der Waals surface area contributed by atoms with Crippen LogP contribution in [0, 0.1) is 18.8 Å². The van der Waals surface area contributed by atoms with Gasteiger partial charge in [-0.15, -0.1) is 0 Å². The highest BCUT2D eigenvalue weighted by atomic mass is 35.5. The Morgan fingerprint density at radius 3 is 2.65 bits per heavy atom. The molecule has 0 unspecified atom stereocenters. The molecule has 8 heteroatoms. The average Bonchev–Trinajstić information content (AvgIpc) is 2.77. The van der Waals surface area contributed by atoms with Crippen LogP contribution in [0.25, 0.3) is 0 Å². The molecular formula is C12H12ClF3N2O2. The number of carbonyl (C=O) groups is 1. The highest BCUT2D eigenvalue weighted by Gasteiger charge is 2.52. The van der Waals surface area contributed by atoms with Gasteiger partial charge in [-0.3, -0.25) is 9.78 Å². The quantitative estimate of drug-likeness (QED) is 0.913. The number of alkyl halides is 3. The van der Waals surface area contributed by atoms with Gasteiger partial charge in [0, 0.05) is 19.3 Å². The molecule has 110 valence electrons. The molecule has 0 radical (unpaired) electrons. The number of carboxylic acid groups (broad SMARTS) is 1. The predicted octanol–water partition coefficient (Wildman–Crippen LogP) is 2.74. The number of rotatable bonds is 2. The summed E-state index contributed by atoms with van der Waals surface area (Å²) >= 11 is 6.03. The van der Waals surface area contributed by atoms with Crippen LogP contribution in [0.15, 0.2) is 12.3 Å². The highest BCUT2D eigenvalue weighted by molar-refractivity contribution is 6.33. The van der Waals surface area contributed by atoms with E-state index in [1.807, 2.05) is 0 Å². The van der Waals surface area contributed by atoms with Crippen molar-refractivity contribution >= 4 is 23.3 Å². The number of nitrogens with zero attached hydrogens (tertiary/aromatic N) is 2. The fraction of sp³-hybridized carbons (Fsp3) is 0.500. The molecule has 1 aliphatic heterocycles. The highest BCUT2D eigenvalue weighted by Crippen LogP contribution is 2.41. The molecule has 20 heavy (non-hydrogen) atoms. The second kappa shape index (κ2) is 5.12. The van der Waals surface area contributed by atoms with Crippen molar-refractivity contribution in [3.63, 3.8) is 0 Å². The first-order valence-electron chi connectivity index (χ1n) is 5.87. The van der Waals surface area contributed by atoms with Gasteiger partial charge in [0.2, 0.25) is 0 Å². The molecule has 0 aromatic carbocycles. The minimum atomic E-state index is -4.55. The van der Waals surface area contributed by atoms with E-state index < -0.39 is 30.5 Å². The van der Waals surface area contributed by atoms with Gasteiger partial charge in [0.25, 0.3) is 0 Å². The molecule has 4 nitrogen and oxygen atoms in total. The molecule has 1 aliphatic rings. The van der Waals surface area contributed by atoms with Crippen molar-refractivity contribution in [2.45, 2.75) is 13.1 Å². The van der Waals surface area contributed by atoms with Crippen molar-refractivity contribution < 1.29 is 23.1 Å². The molecule has 1 N–H and O–H groups in total. The summed E-state index contributed by atoms with van der Waals surface area (Å²) in [4.78, 5) is 16.3. The SMILES string of the molecule is Cc1nccc(N2C[C@@H](C(F)(F)F)[C@H](C(=O)O)C2)c1Cl. The normalized spacial score (nSPS) is 23.1. The molecule has 1 aromatic heterocycles. The summed E-state index contributed by atoms with van der Waals surface area (Å²) in [6, 6.07) is 1.49. The Morgan fingerprint density at radius 2 is 2.15 bits per heavy atom. The molecule has 2 rings (SSSR count). The molecule has 0 saturated carbocycles. The summed E-state index contributed by atoms with van der Waals surface area (Å²) < 4.78 is 38.7. The van der Waals surface area contributed by atoms with Crippen LogP contribution in [0.4, 0.5) is 18.9 Å². The Morgan fingerprint density at radius 1 is 1.50 bits per heavy atom. The smallest absolute Gasteiger partial charge is 0.394 e. The largest absolute Gasteiger partial charge is 0.481 e. The molecule has 0 spiro atoms. The lowest BCUT2D eigenvalue weighted by Crippen LogP contribution is -2.33. The lowest BCUT2D eigenvalue weighted by Gasteiger charge is -2.21. The van der Waals surface area contributed by atoms with Crippen LogP contribution in [0.5, 0.6) is 0 Å². The lowest BCUT2D eigenvalue weighted by atomic mass is 9.96. The standard InChI is InChI=1S/C12H12ClF3N2O2/c1-6-10(13)9(2-3-17-6)18-4-7(11(19)20)8(5-18)12(14,15)16/h2-3,7-8H,4-5H2,1H3,(H,19,20)/t7-,8-/m1/s1. The maximum atomic E-state index is 12.9. The van der Waals surface area contributed by atoms with E-state index in [0.29, 0.717) is 11.4 Å². The number of halogens is 4. The maximum Gasteiger partial charge on any atom is 0.394 e. The van der Waals surface area contributed by atoms with Crippen LogP contribution in [-0.2, 0) is 4.79 Å². The Kier molecular flexibility index (Phi) is 3.82. The second-order valence-electron chi connectivity index (χ2n) is 4.73. The van der Waals surface area contributed by atoms with Gasteiger partial charge in [0.05, 0.1) is 28.2 Å². The van der Waals surface area contributed by atoms with E-state index in [1.54, 1.807) is 6.92 Å². The van der Waals surface area contributed by atoms with E-state index >= 15 is 0 Å². The molecule has 0 bridgehead atoms. The van der Waals surface area contributed by atoms with Crippen molar-refractivity contribution in [3.8, 4) is 0 Å². The van der Waals surface area contributed by atoms with Crippen LogP contribution in [0.3, 0.4) is 0 Å². The van der Waals surface area contributed by atoms with Crippen LogP contribution >= 0.6 is 11.6 Å². The van der Waals surface area contributed by atoms with Gasteiger partial charge in [0.15, 0.2) is 0 Å². The van der Waals surface area contributed by atoms with Crippen LogP contribution in [0.2, 0.25) is 5.02 Å². The monoisotopic (exact) mass is 308 g/mol. The molecule has 2 heterocycles. The minimum absolute atomic E-state index is 0.220. The zero-order chi connectivity index (χ0) is 15.1. The van der Waals surface area contributed by atoms with Crippen molar-refractivity contribution in [2.75, 3.05) is 18.0 Å². The average molecular weight is 309 g/mol. The number of aromatic nitrogens is 1. The third kappa shape index (κ3) is 2.67. The van der Waals surface area contributed by atoms with E-state index in [4.69, 9.17) is 16.7 Å². The third-order valence-electron chi connectivity index (χ3n) is 3.44. The zero-order valence-electron chi connectivity index (χ0n) is 10.5. The van der Waals surface area contributed by atoms with Crippen molar-refractivity contribution in [3.05, 3.63) is 23.0 Å². The molecule has 1 fully saturated rings. The lowest BCUT2D eigenvalue weighted by molar-refractivity contribution is -0.187. The number of aliphatic carboxylic acids is 1. The first-order chi connectivity index (χ1) is 9.21. The maximum absolute atomic E-state index is 12.9. The summed E-state index contributed by atoms with van der Waals surface area (Å²) in [5.74, 6) is -4.83. The van der Waals surface area contributed by atoms with Gasteiger partial charge in [-0.2, -0.15) is 13.2 Å². The first kappa shape index (κ1) is 14.9. The predicted molar refractivity (Wildman–Crippen MR) is 66.9 cm³/mol. The van der Waals surface area contributed by atoms with Gasteiger partial charge in [-0.05, 0) is 13.0 Å². The Labute approximate surface area is 118 Å². The Bertz CT molecular complexity index is 536. The minimum Gasteiger partial charge on any atom is -0.481 e. The summed E-state index contributed by atoms with van der Waals surface area (Å²) in [6.45, 7) is 1.00. The third-order valence-corrected chi connectivity index (χ3v) is 3.91. The summed E-state index contributed by atoms with van der Waals surface area (Å²) in [5.41, 5.74) is 0.878. The Hall–Kier alpha value is -1.50. The van der Waals surface area contributed by atoms with Gasteiger partial charge >= 0.3 is 12.1 Å². The molecular weight excluding hydrogens is 297 g/mol. The van der Waals surface area contributed by atoms with Gasteiger partial charge in [0.1, 0.15) is 0 Å². The van der Waals surface area contributed by atoms with Gasteiger partial charge in [-0.1, -0.05) is 11.6 Å². The summed E-state index contributed by atoms with van der Waals surface area (Å²) in [7, 11) is 0. The number of hydrogen-bond acceptors (Lipinski definition) is 3. The van der Waals surface area contributed by atoms with Gasteiger partial charge in [-0.25, -0.2) is 0 Å². The van der Waals surface area contributed by atoms with E-state index in [0.717, 1.165) is 0 Å². The van der Waals surface area contributed by atoms with Crippen molar-refractivity contribution in [1.82, 2.24) is 4.98 Å². The first-order valence-corrected chi connectivity index (χ1v) is 6.25. The van der Waals surface area contributed by atoms with Crippen LogP contribution in [-0.4, -0.2) is 35.3 Å². The topological polar surface area (TPSA) is 53.4 Å². The second-order valence-corrected chi connectivity index (χ2v) is 5.11. The fourth-order valence-electron chi connectivity index (χ4n) is 2.36. The summed E-state index contributed by atoms with van der Waals surface area (Å²) in [6.07, 6.45) is -3.11. The molecule has 2 atom stereocenters. The van der Waals surface area contributed by atoms with Crippen LogP contribution in [0.1, 0.15) is 5.69 Å².